The summed E-state index contributed by atoms with van der Waals surface area (Å²) in [6.45, 7) is 7.27. The summed E-state index contributed by atoms with van der Waals surface area (Å²) in [6, 6.07) is 0. The third-order valence-electron chi connectivity index (χ3n) is 5.33. The Morgan fingerprint density at radius 2 is 0.828 bits per heavy atom. The molecule has 0 amide bonds. The second-order valence-corrected chi connectivity index (χ2v) is 11.2. The van der Waals surface area contributed by atoms with Gasteiger partial charge in [0.15, 0.2) is 0 Å². The molecule has 0 rings (SSSR count). The first kappa shape index (κ1) is 28.9. The first-order valence-electron chi connectivity index (χ1n) is 12.3. The van der Waals surface area contributed by atoms with Crippen molar-refractivity contribution >= 4 is 10.1 Å². The van der Waals surface area contributed by atoms with Gasteiger partial charge in [-0.1, -0.05) is 103 Å². The molecule has 0 atom stereocenters. The lowest BCUT2D eigenvalue weighted by Gasteiger charge is -2.19. The molecular weight excluding hydrogens is 384 g/mol. The van der Waals surface area contributed by atoms with E-state index < -0.39 is 10.1 Å². The molecule has 0 aliphatic rings. The highest BCUT2D eigenvalue weighted by atomic mass is 32.2. The van der Waals surface area contributed by atoms with Gasteiger partial charge in [0.2, 0.25) is 0 Å². The molecule has 0 aliphatic carbocycles. The topological polar surface area (TPSA) is 63.6 Å². The van der Waals surface area contributed by atoms with Gasteiger partial charge < -0.3 is 4.74 Å². The van der Waals surface area contributed by atoms with Crippen molar-refractivity contribution in [1.82, 2.24) is 0 Å². The zero-order valence-electron chi connectivity index (χ0n) is 19.7. The third kappa shape index (κ3) is 27.9. The summed E-state index contributed by atoms with van der Waals surface area (Å²) in [5.41, 5.74) is 0.00979. The van der Waals surface area contributed by atoms with Gasteiger partial charge in [-0.3, -0.25) is 4.55 Å². The smallest absolute Gasteiger partial charge is 0.264 e. The van der Waals surface area contributed by atoms with E-state index in [1.165, 1.54) is 96.3 Å². The van der Waals surface area contributed by atoms with Crippen molar-refractivity contribution in [2.45, 2.75) is 142 Å². The summed E-state index contributed by atoms with van der Waals surface area (Å²) in [6.07, 6.45) is 22.6. The van der Waals surface area contributed by atoms with Crippen LogP contribution in [0.1, 0.15) is 136 Å². The van der Waals surface area contributed by atoms with Gasteiger partial charge in [-0.2, -0.15) is 8.42 Å². The maximum Gasteiger partial charge on any atom is 0.264 e. The quantitative estimate of drug-likeness (QED) is 0.148. The fourth-order valence-electron chi connectivity index (χ4n) is 3.59. The van der Waals surface area contributed by atoms with Crippen molar-refractivity contribution < 1.29 is 17.7 Å². The molecule has 0 saturated heterocycles. The van der Waals surface area contributed by atoms with Crippen molar-refractivity contribution in [2.75, 3.05) is 12.4 Å². The van der Waals surface area contributed by atoms with Crippen LogP contribution >= 0.6 is 0 Å². The Labute approximate surface area is 182 Å². The molecule has 0 unspecified atom stereocenters. The SMILES string of the molecule is CC(C)(C)OCCCCCCCCCCCCCCCCCCCCS(=O)(=O)O. The Kier molecular flexibility index (Phi) is 18.5. The van der Waals surface area contributed by atoms with Crippen LogP contribution < -0.4 is 0 Å². The Bertz CT molecular complexity index is 440. The van der Waals surface area contributed by atoms with Crippen molar-refractivity contribution in [1.29, 1.82) is 0 Å². The average Bonchev–Trinajstić information content (AvgIpc) is 2.61. The molecule has 0 bridgehead atoms. The highest BCUT2D eigenvalue weighted by Crippen LogP contribution is 2.15. The molecule has 29 heavy (non-hydrogen) atoms. The summed E-state index contributed by atoms with van der Waals surface area (Å²) in [7, 11) is -3.76. The first-order valence-corrected chi connectivity index (χ1v) is 13.9. The van der Waals surface area contributed by atoms with Crippen LogP contribution in [0.25, 0.3) is 0 Å². The fourth-order valence-corrected chi connectivity index (χ4v) is 4.16. The van der Waals surface area contributed by atoms with E-state index >= 15 is 0 Å². The van der Waals surface area contributed by atoms with Crippen molar-refractivity contribution in [2.24, 2.45) is 0 Å². The molecule has 176 valence electrons. The highest BCUT2D eigenvalue weighted by Gasteiger charge is 2.08. The molecule has 0 spiro atoms. The van der Waals surface area contributed by atoms with Crippen LogP contribution in [0.2, 0.25) is 0 Å². The van der Waals surface area contributed by atoms with E-state index in [0.717, 1.165) is 19.4 Å². The Balaban J connectivity index is 3.08. The predicted octanol–water partition coefficient (Wildman–Crippen LogP) is 7.71. The minimum atomic E-state index is -3.76. The Morgan fingerprint density at radius 3 is 1.10 bits per heavy atom. The fraction of sp³-hybridized carbons (Fsp3) is 1.00. The molecule has 0 radical (unpaired) electrons. The van der Waals surface area contributed by atoms with Gasteiger partial charge in [0.25, 0.3) is 10.1 Å². The highest BCUT2D eigenvalue weighted by molar-refractivity contribution is 7.85. The lowest BCUT2D eigenvalue weighted by atomic mass is 10.0. The number of rotatable bonds is 21. The van der Waals surface area contributed by atoms with Crippen LogP contribution in [0, 0.1) is 0 Å². The van der Waals surface area contributed by atoms with Gasteiger partial charge in [-0.25, -0.2) is 0 Å². The maximum atomic E-state index is 10.6. The van der Waals surface area contributed by atoms with Gasteiger partial charge in [0.1, 0.15) is 0 Å². The van der Waals surface area contributed by atoms with E-state index in [1.54, 1.807) is 0 Å². The summed E-state index contributed by atoms with van der Waals surface area (Å²) >= 11 is 0. The zero-order chi connectivity index (χ0) is 21.8. The lowest BCUT2D eigenvalue weighted by Crippen LogP contribution is -2.19. The molecule has 0 saturated carbocycles. The monoisotopic (exact) mass is 434 g/mol. The summed E-state index contributed by atoms with van der Waals surface area (Å²) < 4.78 is 35.6. The number of hydrogen-bond acceptors (Lipinski definition) is 3. The maximum absolute atomic E-state index is 10.6. The average molecular weight is 435 g/mol. The number of unbranched alkanes of at least 4 members (excludes halogenated alkanes) is 17. The lowest BCUT2D eigenvalue weighted by molar-refractivity contribution is -0.00475. The van der Waals surface area contributed by atoms with E-state index in [0.29, 0.717) is 6.42 Å². The summed E-state index contributed by atoms with van der Waals surface area (Å²) in [5, 5.41) is 0. The van der Waals surface area contributed by atoms with E-state index in [1.807, 2.05) is 0 Å². The van der Waals surface area contributed by atoms with Crippen molar-refractivity contribution in [3.8, 4) is 0 Å². The van der Waals surface area contributed by atoms with Crippen LogP contribution in [0.5, 0.6) is 0 Å². The minimum Gasteiger partial charge on any atom is -0.376 e. The normalized spacial score (nSPS) is 12.6. The molecule has 5 heteroatoms. The van der Waals surface area contributed by atoms with Crippen molar-refractivity contribution in [3.63, 3.8) is 0 Å². The van der Waals surface area contributed by atoms with Gasteiger partial charge in [-0.05, 0) is 33.6 Å². The molecule has 1 N–H and O–H groups in total. The zero-order valence-corrected chi connectivity index (χ0v) is 20.5. The van der Waals surface area contributed by atoms with Crippen LogP contribution in [0.15, 0.2) is 0 Å². The van der Waals surface area contributed by atoms with Gasteiger partial charge in [0, 0.05) is 6.61 Å². The molecule has 0 heterocycles. The molecular formula is C24H50O4S. The number of ether oxygens (including phenoxy) is 1. The Hall–Kier alpha value is -0.130. The largest absolute Gasteiger partial charge is 0.376 e. The van der Waals surface area contributed by atoms with Crippen LogP contribution in [-0.4, -0.2) is 30.9 Å². The molecule has 0 aromatic heterocycles. The van der Waals surface area contributed by atoms with Gasteiger partial charge in [-0.15, -0.1) is 0 Å². The standard InChI is InChI=1S/C24H50O4S/c1-24(2,3)28-22-20-18-16-14-12-10-8-6-4-5-7-9-11-13-15-17-19-21-23-29(25,26)27/h4-23H2,1-3H3,(H,25,26,27). The van der Waals surface area contributed by atoms with E-state index in [2.05, 4.69) is 20.8 Å². The van der Waals surface area contributed by atoms with Crippen LogP contribution in [0.4, 0.5) is 0 Å². The Morgan fingerprint density at radius 1 is 0.552 bits per heavy atom. The van der Waals surface area contributed by atoms with Crippen molar-refractivity contribution in [3.05, 3.63) is 0 Å². The summed E-state index contributed by atoms with van der Waals surface area (Å²) in [4.78, 5) is 0. The second kappa shape index (κ2) is 18.6. The van der Waals surface area contributed by atoms with E-state index in [4.69, 9.17) is 9.29 Å². The number of hydrogen-bond donors (Lipinski definition) is 1. The van der Waals surface area contributed by atoms with Crippen LogP contribution in [-0.2, 0) is 14.9 Å². The third-order valence-corrected chi connectivity index (χ3v) is 6.14. The second-order valence-electron chi connectivity index (χ2n) is 9.61. The van der Waals surface area contributed by atoms with E-state index in [-0.39, 0.29) is 11.4 Å². The molecule has 4 nitrogen and oxygen atoms in total. The molecule has 0 aromatic carbocycles. The molecule has 0 aromatic rings. The summed E-state index contributed by atoms with van der Waals surface area (Å²) in [5.74, 6) is -0.0832. The van der Waals surface area contributed by atoms with Gasteiger partial charge in [0.05, 0.1) is 11.4 Å². The molecule has 0 fully saturated rings. The minimum absolute atomic E-state index is 0.00979. The first-order chi connectivity index (χ1) is 13.7. The van der Waals surface area contributed by atoms with E-state index in [9.17, 15) is 8.42 Å². The van der Waals surface area contributed by atoms with Gasteiger partial charge >= 0.3 is 0 Å². The molecule has 0 aliphatic heterocycles. The predicted molar refractivity (Wildman–Crippen MR) is 125 cm³/mol. The van der Waals surface area contributed by atoms with Crippen LogP contribution in [0.3, 0.4) is 0 Å².